The number of carbonyl (C=O) groups is 1. The molecule has 1 rings (SSSR count). The predicted octanol–water partition coefficient (Wildman–Crippen LogP) is 0.501. The molecule has 0 aliphatic rings. The fourth-order valence-electron chi connectivity index (χ4n) is 0.945. The zero-order chi connectivity index (χ0) is 10.6. The fraction of sp³-hybridized carbons (Fsp3) is 0.400. The Balaban J connectivity index is 2.57. The van der Waals surface area contributed by atoms with E-state index < -0.39 is 6.10 Å². The Morgan fingerprint density at radius 3 is 2.86 bits per heavy atom. The molecule has 1 unspecified atom stereocenters. The van der Waals surface area contributed by atoms with Crippen molar-refractivity contribution in [2.75, 3.05) is 6.54 Å². The maximum atomic E-state index is 11.4. The van der Waals surface area contributed by atoms with Crippen LogP contribution in [-0.4, -0.2) is 28.6 Å². The van der Waals surface area contributed by atoms with Crippen LogP contribution in [0.25, 0.3) is 0 Å². The lowest BCUT2D eigenvalue weighted by molar-refractivity contribution is 0.0923. The van der Waals surface area contributed by atoms with Crippen LogP contribution in [0.2, 0.25) is 0 Å². The van der Waals surface area contributed by atoms with Crippen LogP contribution in [0.1, 0.15) is 23.0 Å². The van der Waals surface area contributed by atoms with Gasteiger partial charge in [-0.1, -0.05) is 0 Å². The molecule has 1 aromatic heterocycles. The number of hydrogen-bond donors (Lipinski definition) is 2. The molecule has 4 heteroatoms. The van der Waals surface area contributed by atoms with Crippen molar-refractivity contribution >= 4 is 5.91 Å². The average Bonchev–Trinajstić information content (AvgIpc) is 2.15. The Kier molecular flexibility index (Phi) is 3.59. The predicted molar refractivity (Wildman–Crippen MR) is 53.0 cm³/mol. The molecule has 1 amide bonds. The van der Waals surface area contributed by atoms with Gasteiger partial charge < -0.3 is 10.4 Å². The van der Waals surface area contributed by atoms with Crippen LogP contribution in [0.15, 0.2) is 18.3 Å². The van der Waals surface area contributed by atoms with Crippen molar-refractivity contribution in [3.8, 4) is 0 Å². The lowest BCUT2D eigenvalue weighted by Crippen LogP contribution is -2.30. The standard InChI is InChI=1S/C10H14N2O2/c1-7-3-4-9(6-11-7)10(14)12-5-8(2)13/h3-4,6,8,13H,5H2,1-2H3,(H,12,14). The number of nitrogens with one attached hydrogen (secondary N) is 1. The quantitative estimate of drug-likeness (QED) is 0.736. The second-order valence-corrected chi connectivity index (χ2v) is 3.25. The van der Waals surface area contributed by atoms with E-state index in [4.69, 9.17) is 5.11 Å². The Labute approximate surface area is 83.0 Å². The van der Waals surface area contributed by atoms with Crippen LogP contribution in [0.3, 0.4) is 0 Å². The van der Waals surface area contributed by atoms with Gasteiger partial charge in [-0.25, -0.2) is 0 Å². The number of carbonyl (C=O) groups excluding carboxylic acids is 1. The van der Waals surface area contributed by atoms with Crippen LogP contribution in [0.5, 0.6) is 0 Å². The smallest absolute Gasteiger partial charge is 0.252 e. The molecule has 0 fully saturated rings. The van der Waals surface area contributed by atoms with Gasteiger partial charge in [-0.05, 0) is 26.0 Å². The molecular weight excluding hydrogens is 180 g/mol. The minimum atomic E-state index is -0.530. The van der Waals surface area contributed by atoms with E-state index in [9.17, 15) is 4.79 Å². The Bertz CT molecular complexity index is 306. The molecule has 1 atom stereocenters. The highest BCUT2D eigenvalue weighted by Gasteiger charge is 2.05. The lowest BCUT2D eigenvalue weighted by Gasteiger charge is -2.06. The second-order valence-electron chi connectivity index (χ2n) is 3.25. The van der Waals surface area contributed by atoms with E-state index in [1.807, 2.05) is 6.92 Å². The lowest BCUT2D eigenvalue weighted by atomic mass is 10.2. The number of hydrogen-bond acceptors (Lipinski definition) is 3. The molecule has 0 bridgehead atoms. The molecule has 1 aromatic rings. The van der Waals surface area contributed by atoms with Gasteiger partial charge in [0.25, 0.3) is 5.91 Å². The number of rotatable bonds is 3. The van der Waals surface area contributed by atoms with E-state index in [-0.39, 0.29) is 12.5 Å². The molecule has 0 spiro atoms. The zero-order valence-electron chi connectivity index (χ0n) is 8.32. The Morgan fingerprint density at radius 2 is 2.36 bits per heavy atom. The summed E-state index contributed by atoms with van der Waals surface area (Å²) in [7, 11) is 0. The van der Waals surface area contributed by atoms with E-state index in [1.165, 1.54) is 6.20 Å². The highest BCUT2D eigenvalue weighted by atomic mass is 16.3. The maximum Gasteiger partial charge on any atom is 0.252 e. The zero-order valence-corrected chi connectivity index (χ0v) is 8.32. The third-order valence-corrected chi connectivity index (χ3v) is 1.73. The van der Waals surface area contributed by atoms with Crippen molar-refractivity contribution in [2.45, 2.75) is 20.0 Å². The topological polar surface area (TPSA) is 62.2 Å². The van der Waals surface area contributed by atoms with Gasteiger partial charge in [0.15, 0.2) is 0 Å². The summed E-state index contributed by atoms with van der Waals surface area (Å²) >= 11 is 0. The van der Waals surface area contributed by atoms with Crippen molar-refractivity contribution in [3.63, 3.8) is 0 Å². The molecule has 1 heterocycles. The largest absolute Gasteiger partial charge is 0.392 e. The van der Waals surface area contributed by atoms with Crippen LogP contribution in [0, 0.1) is 6.92 Å². The first-order valence-corrected chi connectivity index (χ1v) is 4.48. The maximum absolute atomic E-state index is 11.4. The first-order chi connectivity index (χ1) is 6.59. The number of aryl methyl sites for hydroxylation is 1. The Morgan fingerprint density at radius 1 is 1.64 bits per heavy atom. The van der Waals surface area contributed by atoms with Crippen molar-refractivity contribution < 1.29 is 9.90 Å². The van der Waals surface area contributed by atoms with Gasteiger partial charge in [0.2, 0.25) is 0 Å². The molecule has 0 saturated carbocycles. The third kappa shape index (κ3) is 3.14. The minimum absolute atomic E-state index is 0.210. The SMILES string of the molecule is Cc1ccc(C(=O)NCC(C)O)cn1. The van der Waals surface area contributed by atoms with Gasteiger partial charge in [-0.2, -0.15) is 0 Å². The molecular formula is C10H14N2O2. The summed E-state index contributed by atoms with van der Waals surface area (Å²) in [4.78, 5) is 15.4. The van der Waals surface area contributed by atoms with E-state index in [0.717, 1.165) is 5.69 Å². The number of nitrogens with zero attached hydrogens (tertiary/aromatic N) is 1. The molecule has 0 aliphatic heterocycles. The summed E-state index contributed by atoms with van der Waals surface area (Å²) in [6, 6.07) is 3.48. The highest BCUT2D eigenvalue weighted by molar-refractivity contribution is 5.93. The van der Waals surface area contributed by atoms with E-state index in [0.29, 0.717) is 5.56 Å². The van der Waals surface area contributed by atoms with Crippen molar-refractivity contribution in [1.82, 2.24) is 10.3 Å². The van der Waals surface area contributed by atoms with Crippen LogP contribution in [0.4, 0.5) is 0 Å². The molecule has 4 nitrogen and oxygen atoms in total. The van der Waals surface area contributed by atoms with Gasteiger partial charge in [0.1, 0.15) is 0 Å². The first kappa shape index (κ1) is 10.7. The van der Waals surface area contributed by atoms with E-state index >= 15 is 0 Å². The van der Waals surface area contributed by atoms with Gasteiger partial charge in [-0.15, -0.1) is 0 Å². The molecule has 0 saturated heterocycles. The fourth-order valence-corrected chi connectivity index (χ4v) is 0.945. The first-order valence-electron chi connectivity index (χ1n) is 4.48. The van der Waals surface area contributed by atoms with Gasteiger partial charge >= 0.3 is 0 Å². The molecule has 14 heavy (non-hydrogen) atoms. The molecule has 76 valence electrons. The van der Waals surface area contributed by atoms with Crippen molar-refractivity contribution in [3.05, 3.63) is 29.6 Å². The number of aromatic nitrogens is 1. The van der Waals surface area contributed by atoms with Gasteiger partial charge in [0.05, 0.1) is 11.7 Å². The average molecular weight is 194 g/mol. The normalized spacial score (nSPS) is 12.2. The third-order valence-electron chi connectivity index (χ3n) is 1.73. The van der Waals surface area contributed by atoms with Crippen molar-refractivity contribution in [2.24, 2.45) is 0 Å². The monoisotopic (exact) mass is 194 g/mol. The van der Waals surface area contributed by atoms with Gasteiger partial charge in [-0.3, -0.25) is 9.78 Å². The molecule has 0 aromatic carbocycles. The summed E-state index contributed by atoms with van der Waals surface area (Å²) in [5.41, 5.74) is 1.38. The highest BCUT2D eigenvalue weighted by Crippen LogP contribution is 1.98. The van der Waals surface area contributed by atoms with Gasteiger partial charge in [0, 0.05) is 18.4 Å². The number of aliphatic hydroxyl groups excluding tert-OH is 1. The van der Waals surface area contributed by atoms with Crippen LogP contribution < -0.4 is 5.32 Å². The summed E-state index contributed by atoms with van der Waals surface area (Å²) in [6.45, 7) is 3.73. The van der Waals surface area contributed by atoms with Crippen molar-refractivity contribution in [1.29, 1.82) is 0 Å². The summed E-state index contributed by atoms with van der Waals surface area (Å²) in [6.07, 6.45) is 0.990. The number of pyridine rings is 1. The minimum Gasteiger partial charge on any atom is -0.392 e. The van der Waals surface area contributed by atoms with Crippen LogP contribution in [-0.2, 0) is 0 Å². The number of amides is 1. The van der Waals surface area contributed by atoms with E-state index in [2.05, 4.69) is 10.3 Å². The van der Waals surface area contributed by atoms with E-state index in [1.54, 1.807) is 19.1 Å². The Hall–Kier alpha value is -1.42. The van der Waals surface area contributed by atoms with Crippen LogP contribution >= 0.6 is 0 Å². The second kappa shape index (κ2) is 4.72. The summed E-state index contributed by atoms with van der Waals surface area (Å²) in [5, 5.41) is 11.6. The summed E-state index contributed by atoms with van der Waals surface area (Å²) < 4.78 is 0. The molecule has 0 radical (unpaired) electrons. The summed E-state index contributed by atoms with van der Waals surface area (Å²) in [5.74, 6) is -0.210. The molecule has 2 N–H and O–H groups in total. The number of aliphatic hydroxyl groups is 1. The molecule has 0 aliphatic carbocycles.